The third-order valence-corrected chi connectivity index (χ3v) is 3.65. The van der Waals surface area contributed by atoms with E-state index in [2.05, 4.69) is 15.3 Å². The summed E-state index contributed by atoms with van der Waals surface area (Å²) in [4.78, 5) is 2.64. The SMILES string of the molecule is CNCCC1CCCCN1CCn1cccn1. The average molecular weight is 236 g/mol. The molecule has 17 heavy (non-hydrogen) atoms. The Hall–Kier alpha value is -0.870. The second-order valence-corrected chi connectivity index (χ2v) is 4.85. The number of likely N-dealkylation sites (tertiary alicyclic amines) is 1. The third kappa shape index (κ3) is 3.82. The lowest BCUT2D eigenvalue weighted by Crippen LogP contribution is -2.42. The highest BCUT2D eigenvalue weighted by Gasteiger charge is 2.21. The van der Waals surface area contributed by atoms with Crippen molar-refractivity contribution in [2.75, 3.05) is 26.7 Å². The van der Waals surface area contributed by atoms with Crippen LogP contribution in [0.2, 0.25) is 0 Å². The van der Waals surface area contributed by atoms with Crippen molar-refractivity contribution in [2.45, 2.75) is 38.3 Å². The van der Waals surface area contributed by atoms with E-state index in [1.165, 1.54) is 32.2 Å². The van der Waals surface area contributed by atoms with E-state index in [4.69, 9.17) is 0 Å². The van der Waals surface area contributed by atoms with Gasteiger partial charge in [-0.25, -0.2) is 0 Å². The van der Waals surface area contributed by atoms with E-state index in [0.717, 1.165) is 25.7 Å². The van der Waals surface area contributed by atoms with Crippen LogP contribution < -0.4 is 5.32 Å². The Balaban J connectivity index is 1.79. The van der Waals surface area contributed by atoms with Crippen molar-refractivity contribution in [2.24, 2.45) is 0 Å². The lowest BCUT2D eigenvalue weighted by molar-refractivity contribution is 0.134. The van der Waals surface area contributed by atoms with Gasteiger partial charge in [0.15, 0.2) is 0 Å². The molecule has 2 heterocycles. The highest BCUT2D eigenvalue weighted by Crippen LogP contribution is 2.19. The fourth-order valence-electron chi connectivity index (χ4n) is 2.66. The molecule has 0 spiro atoms. The van der Waals surface area contributed by atoms with Gasteiger partial charge in [-0.1, -0.05) is 6.42 Å². The number of nitrogens with zero attached hydrogens (tertiary/aromatic N) is 3. The fourth-order valence-corrected chi connectivity index (χ4v) is 2.66. The van der Waals surface area contributed by atoms with Crippen LogP contribution in [0, 0.1) is 0 Å². The zero-order valence-corrected chi connectivity index (χ0v) is 10.8. The molecule has 1 aliphatic rings. The van der Waals surface area contributed by atoms with Gasteiger partial charge in [-0.3, -0.25) is 9.58 Å². The molecule has 4 heteroatoms. The lowest BCUT2D eigenvalue weighted by atomic mass is 9.99. The van der Waals surface area contributed by atoms with E-state index in [1.807, 2.05) is 30.2 Å². The Morgan fingerprint density at radius 2 is 2.29 bits per heavy atom. The van der Waals surface area contributed by atoms with Gasteiger partial charge in [0.2, 0.25) is 0 Å². The van der Waals surface area contributed by atoms with Gasteiger partial charge in [-0.2, -0.15) is 5.10 Å². The molecular formula is C13H24N4. The monoisotopic (exact) mass is 236 g/mol. The van der Waals surface area contributed by atoms with Crippen LogP contribution in [0.5, 0.6) is 0 Å². The van der Waals surface area contributed by atoms with Gasteiger partial charge in [0.25, 0.3) is 0 Å². The first kappa shape index (κ1) is 12.6. The van der Waals surface area contributed by atoms with Crippen LogP contribution in [-0.4, -0.2) is 47.4 Å². The van der Waals surface area contributed by atoms with Gasteiger partial charge in [-0.05, 0) is 45.5 Å². The van der Waals surface area contributed by atoms with Crippen LogP contribution in [0.4, 0.5) is 0 Å². The van der Waals surface area contributed by atoms with E-state index in [1.54, 1.807) is 0 Å². The van der Waals surface area contributed by atoms with Gasteiger partial charge >= 0.3 is 0 Å². The highest BCUT2D eigenvalue weighted by atomic mass is 15.3. The maximum atomic E-state index is 4.27. The zero-order chi connectivity index (χ0) is 11.9. The van der Waals surface area contributed by atoms with E-state index in [-0.39, 0.29) is 0 Å². The van der Waals surface area contributed by atoms with E-state index in [0.29, 0.717) is 0 Å². The Morgan fingerprint density at radius 1 is 1.35 bits per heavy atom. The zero-order valence-electron chi connectivity index (χ0n) is 10.8. The first-order valence-electron chi connectivity index (χ1n) is 6.76. The molecule has 0 aromatic carbocycles. The Morgan fingerprint density at radius 3 is 3.06 bits per heavy atom. The molecule has 1 aromatic heterocycles. The summed E-state index contributed by atoms with van der Waals surface area (Å²) in [6.07, 6.45) is 9.29. The number of nitrogens with one attached hydrogen (secondary N) is 1. The van der Waals surface area contributed by atoms with Gasteiger partial charge in [-0.15, -0.1) is 0 Å². The highest BCUT2D eigenvalue weighted by molar-refractivity contribution is 4.80. The predicted octanol–water partition coefficient (Wildman–Crippen LogP) is 1.35. The van der Waals surface area contributed by atoms with Crippen LogP contribution >= 0.6 is 0 Å². The molecule has 96 valence electrons. The van der Waals surface area contributed by atoms with Crippen molar-refractivity contribution in [3.8, 4) is 0 Å². The molecule has 0 bridgehead atoms. The van der Waals surface area contributed by atoms with Crippen molar-refractivity contribution in [1.82, 2.24) is 20.0 Å². The molecule has 1 aliphatic heterocycles. The number of hydrogen-bond acceptors (Lipinski definition) is 3. The molecule has 1 aromatic rings. The van der Waals surface area contributed by atoms with Crippen molar-refractivity contribution < 1.29 is 0 Å². The van der Waals surface area contributed by atoms with Crippen molar-refractivity contribution in [1.29, 1.82) is 0 Å². The van der Waals surface area contributed by atoms with E-state index in [9.17, 15) is 0 Å². The molecule has 0 saturated carbocycles. The van der Waals surface area contributed by atoms with E-state index >= 15 is 0 Å². The smallest absolute Gasteiger partial charge is 0.0536 e. The standard InChI is InChI=1S/C13H24N4/c1-14-8-6-13-5-2-3-9-16(13)11-12-17-10-4-7-15-17/h4,7,10,13-14H,2-3,5-6,8-9,11-12H2,1H3. The van der Waals surface area contributed by atoms with Gasteiger partial charge in [0, 0.05) is 25.0 Å². The molecular weight excluding hydrogens is 212 g/mol. The molecule has 1 N–H and O–H groups in total. The summed E-state index contributed by atoms with van der Waals surface area (Å²) < 4.78 is 2.03. The second-order valence-electron chi connectivity index (χ2n) is 4.85. The third-order valence-electron chi connectivity index (χ3n) is 3.65. The molecule has 1 fully saturated rings. The second kappa shape index (κ2) is 6.77. The number of hydrogen-bond donors (Lipinski definition) is 1. The van der Waals surface area contributed by atoms with Crippen molar-refractivity contribution in [3.63, 3.8) is 0 Å². The van der Waals surface area contributed by atoms with Gasteiger partial charge < -0.3 is 5.32 Å². The summed E-state index contributed by atoms with van der Waals surface area (Å²) in [7, 11) is 2.04. The minimum Gasteiger partial charge on any atom is -0.320 e. The summed E-state index contributed by atoms with van der Waals surface area (Å²) in [5, 5.41) is 7.53. The topological polar surface area (TPSA) is 33.1 Å². The molecule has 0 radical (unpaired) electrons. The van der Waals surface area contributed by atoms with E-state index < -0.39 is 0 Å². The summed E-state index contributed by atoms with van der Waals surface area (Å²) in [6.45, 7) is 4.54. The maximum Gasteiger partial charge on any atom is 0.0536 e. The summed E-state index contributed by atoms with van der Waals surface area (Å²) in [5.74, 6) is 0. The van der Waals surface area contributed by atoms with Crippen LogP contribution in [0.1, 0.15) is 25.7 Å². The molecule has 0 aliphatic carbocycles. The fraction of sp³-hybridized carbons (Fsp3) is 0.769. The molecule has 1 atom stereocenters. The quantitative estimate of drug-likeness (QED) is 0.809. The molecule has 0 amide bonds. The Kier molecular flexibility index (Phi) is 5.01. The summed E-state index contributed by atoms with van der Waals surface area (Å²) in [5.41, 5.74) is 0. The first-order chi connectivity index (χ1) is 8.40. The largest absolute Gasteiger partial charge is 0.320 e. The number of aromatic nitrogens is 2. The van der Waals surface area contributed by atoms with Crippen molar-refractivity contribution >= 4 is 0 Å². The van der Waals surface area contributed by atoms with Crippen LogP contribution in [0.25, 0.3) is 0 Å². The van der Waals surface area contributed by atoms with Crippen molar-refractivity contribution in [3.05, 3.63) is 18.5 Å². The minimum atomic E-state index is 0.770. The minimum absolute atomic E-state index is 0.770. The Labute approximate surface area is 104 Å². The van der Waals surface area contributed by atoms with Crippen LogP contribution in [0.15, 0.2) is 18.5 Å². The average Bonchev–Trinajstić information content (AvgIpc) is 2.88. The van der Waals surface area contributed by atoms with Gasteiger partial charge in [0.1, 0.15) is 0 Å². The molecule has 2 rings (SSSR count). The number of rotatable bonds is 6. The summed E-state index contributed by atoms with van der Waals surface area (Å²) >= 11 is 0. The maximum absolute atomic E-state index is 4.27. The first-order valence-corrected chi connectivity index (χ1v) is 6.76. The van der Waals surface area contributed by atoms with Crippen LogP contribution in [0.3, 0.4) is 0 Å². The lowest BCUT2D eigenvalue weighted by Gasteiger charge is -2.35. The normalized spacial score (nSPS) is 21.8. The molecule has 4 nitrogen and oxygen atoms in total. The molecule has 1 unspecified atom stereocenters. The Bertz CT molecular complexity index is 296. The van der Waals surface area contributed by atoms with Crippen LogP contribution in [-0.2, 0) is 6.54 Å². The molecule has 1 saturated heterocycles. The summed E-state index contributed by atoms with van der Waals surface area (Å²) in [6, 6.07) is 2.76. The van der Waals surface area contributed by atoms with Gasteiger partial charge in [0.05, 0.1) is 6.54 Å². The number of piperidine rings is 1. The predicted molar refractivity (Wildman–Crippen MR) is 70.0 cm³/mol.